The first kappa shape index (κ1) is 13.8. The number of fused-ring (bicyclic) bond motifs is 2. The molecule has 0 spiro atoms. The fraction of sp³-hybridized carbons (Fsp3) is 0.150. The molecule has 1 aliphatic heterocycles. The summed E-state index contributed by atoms with van der Waals surface area (Å²) in [6.07, 6.45) is 0.857. The molecule has 0 saturated heterocycles. The summed E-state index contributed by atoms with van der Waals surface area (Å²) in [6.45, 7) is 1.28. The quantitative estimate of drug-likeness (QED) is 0.744. The number of carbonyl (C=O) groups excluding carboxylic acids is 1. The van der Waals surface area contributed by atoms with Crippen molar-refractivity contribution in [1.29, 1.82) is 0 Å². The molecule has 0 atom stereocenters. The number of amides is 1. The molecule has 3 aromatic carbocycles. The minimum atomic E-state index is -0.109. The van der Waals surface area contributed by atoms with Gasteiger partial charge in [0.1, 0.15) is 5.75 Å². The zero-order valence-corrected chi connectivity index (χ0v) is 12.7. The molecule has 3 heteroatoms. The topological polar surface area (TPSA) is 40.5 Å². The van der Waals surface area contributed by atoms with Gasteiger partial charge in [-0.2, -0.15) is 0 Å². The Labute approximate surface area is 134 Å². The molecule has 3 aromatic rings. The van der Waals surface area contributed by atoms with Gasteiger partial charge in [-0.15, -0.1) is 0 Å². The molecule has 1 amide bonds. The van der Waals surface area contributed by atoms with Crippen molar-refractivity contribution >= 4 is 16.7 Å². The maximum atomic E-state index is 12.8. The van der Waals surface area contributed by atoms with Crippen molar-refractivity contribution in [2.45, 2.75) is 13.0 Å². The van der Waals surface area contributed by atoms with Crippen LogP contribution in [0.15, 0.2) is 60.7 Å². The molecule has 4 rings (SSSR count). The molecule has 0 aliphatic carbocycles. The SMILES string of the molecule is O=C(c1ccc2ccccc2c1O)N1CCc2ccccc2C1. The Hall–Kier alpha value is -2.81. The molecule has 0 radical (unpaired) electrons. The predicted molar refractivity (Wildman–Crippen MR) is 90.5 cm³/mol. The van der Waals surface area contributed by atoms with Crippen LogP contribution < -0.4 is 0 Å². The van der Waals surface area contributed by atoms with Gasteiger partial charge in [0.05, 0.1) is 5.56 Å². The summed E-state index contributed by atoms with van der Waals surface area (Å²) in [6, 6.07) is 19.4. The predicted octanol–water partition coefficient (Wildman–Crippen LogP) is 3.74. The summed E-state index contributed by atoms with van der Waals surface area (Å²) in [5, 5.41) is 12.2. The van der Waals surface area contributed by atoms with Gasteiger partial charge in [-0.1, -0.05) is 54.6 Å². The summed E-state index contributed by atoms with van der Waals surface area (Å²) in [7, 11) is 0. The van der Waals surface area contributed by atoms with Crippen molar-refractivity contribution in [2.24, 2.45) is 0 Å². The second-order valence-corrected chi connectivity index (χ2v) is 5.93. The third-order valence-electron chi connectivity index (χ3n) is 4.55. The molecule has 0 aromatic heterocycles. The van der Waals surface area contributed by atoms with E-state index in [0.717, 1.165) is 17.2 Å². The average Bonchev–Trinajstić information content (AvgIpc) is 2.61. The monoisotopic (exact) mass is 303 g/mol. The number of hydrogen-bond acceptors (Lipinski definition) is 2. The highest BCUT2D eigenvalue weighted by Crippen LogP contribution is 2.30. The van der Waals surface area contributed by atoms with E-state index in [9.17, 15) is 9.90 Å². The van der Waals surface area contributed by atoms with Crippen LogP contribution in [0.1, 0.15) is 21.5 Å². The lowest BCUT2D eigenvalue weighted by molar-refractivity contribution is 0.0732. The first-order valence-corrected chi connectivity index (χ1v) is 7.81. The van der Waals surface area contributed by atoms with Crippen LogP contribution in [0.5, 0.6) is 5.75 Å². The van der Waals surface area contributed by atoms with E-state index in [1.165, 1.54) is 11.1 Å². The number of nitrogens with zero attached hydrogens (tertiary/aromatic N) is 1. The van der Waals surface area contributed by atoms with Crippen molar-refractivity contribution in [2.75, 3.05) is 6.54 Å². The highest BCUT2D eigenvalue weighted by Gasteiger charge is 2.24. The van der Waals surface area contributed by atoms with Crippen molar-refractivity contribution in [3.05, 3.63) is 77.4 Å². The smallest absolute Gasteiger partial charge is 0.257 e. The van der Waals surface area contributed by atoms with E-state index in [4.69, 9.17) is 0 Å². The molecule has 0 saturated carbocycles. The number of benzene rings is 3. The molecule has 0 unspecified atom stereocenters. The number of rotatable bonds is 1. The van der Waals surface area contributed by atoms with Gasteiger partial charge in [0.2, 0.25) is 0 Å². The summed E-state index contributed by atoms with van der Waals surface area (Å²) < 4.78 is 0. The first-order valence-electron chi connectivity index (χ1n) is 7.81. The normalized spacial score (nSPS) is 13.8. The fourth-order valence-corrected chi connectivity index (χ4v) is 3.27. The van der Waals surface area contributed by atoms with Crippen molar-refractivity contribution in [3.63, 3.8) is 0 Å². The van der Waals surface area contributed by atoms with Gasteiger partial charge in [0.15, 0.2) is 0 Å². The van der Waals surface area contributed by atoms with Crippen LogP contribution in [0.25, 0.3) is 10.8 Å². The Bertz CT molecular complexity index is 901. The van der Waals surface area contributed by atoms with E-state index in [2.05, 4.69) is 12.1 Å². The number of aromatic hydroxyl groups is 1. The van der Waals surface area contributed by atoms with Crippen LogP contribution in [-0.2, 0) is 13.0 Å². The summed E-state index contributed by atoms with van der Waals surface area (Å²) >= 11 is 0. The Kier molecular flexibility index (Phi) is 3.27. The highest BCUT2D eigenvalue weighted by molar-refractivity contribution is 6.03. The van der Waals surface area contributed by atoms with E-state index < -0.39 is 0 Å². The van der Waals surface area contributed by atoms with Crippen LogP contribution in [0.3, 0.4) is 0 Å². The van der Waals surface area contributed by atoms with Gasteiger partial charge in [-0.25, -0.2) is 0 Å². The lowest BCUT2D eigenvalue weighted by atomic mass is 9.98. The number of hydrogen-bond donors (Lipinski definition) is 1. The molecular weight excluding hydrogens is 286 g/mol. The first-order chi connectivity index (χ1) is 11.2. The number of phenols is 1. The van der Waals surface area contributed by atoms with E-state index in [1.807, 2.05) is 47.4 Å². The molecule has 1 aliphatic rings. The Morgan fingerprint density at radius 1 is 0.913 bits per heavy atom. The Balaban J connectivity index is 1.69. The molecule has 114 valence electrons. The second-order valence-electron chi connectivity index (χ2n) is 5.93. The Morgan fingerprint density at radius 2 is 1.65 bits per heavy atom. The van der Waals surface area contributed by atoms with Crippen LogP contribution >= 0.6 is 0 Å². The lowest BCUT2D eigenvalue weighted by Crippen LogP contribution is -2.35. The molecule has 1 N–H and O–H groups in total. The maximum absolute atomic E-state index is 12.8. The Morgan fingerprint density at radius 3 is 2.52 bits per heavy atom. The van der Waals surface area contributed by atoms with Gasteiger partial charge in [0, 0.05) is 18.5 Å². The van der Waals surface area contributed by atoms with Gasteiger partial charge in [-0.3, -0.25) is 4.79 Å². The molecular formula is C20H17NO2. The molecule has 1 heterocycles. The minimum absolute atomic E-state index is 0.0759. The highest BCUT2D eigenvalue weighted by atomic mass is 16.3. The fourth-order valence-electron chi connectivity index (χ4n) is 3.27. The van der Waals surface area contributed by atoms with Crippen molar-refractivity contribution in [3.8, 4) is 5.75 Å². The van der Waals surface area contributed by atoms with Crippen molar-refractivity contribution in [1.82, 2.24) is 4.90 Å². The van der Waals surface area contributed by atoms with Gasteiger partial charge in [-0.05, 0) is 29.0 Å². The number of carbonyl (C=O) groups is 1. The molecule has 0 bridgehead atoms. The molecule has 0 fully saturated rings. The van der Waals surface area contributed by atoms with Gasteiger partial charge < -0.3 is 10.0 Å². The van der Waals surface area contributed by atoms with E-state index >= 15 is 0 Å². The van der Waals surface area contributed by atoms with Crippen molar-refractivity contribution < 1.29 is 9.90 Å². The van der Waals surface area contributed by atoms with E-state index in [0.29, 0.717) is 18.7 Å². The summed E-state index contributed by atoms with van der Waals surface area (Å²) in [5.74, 6) is -0.0327. The lowest BCUT2D eigenvalue weighted by Gasteiger charge is -2.29. The van der Waals surface area contributed by atoms with Crippen LogP contribution in [0.4, 0.5) is 0 Å². The second kappa shape index (κ2) is 5.43. The maximum Gasteiger partial charge on any atom is 0.257 e. The van der Waals surface area contributed by atoms with Crippen LogP contribution in [0.2, 0.25) is 0 Å². The van der Waals surface area contributed by atoms with E-state index in [-0.39, 0.29) is 11.7 Å². The standard InChI is InChI=1S/C20H17NO2/c22-19-17-8-4-3-6-15(17)9-10-18(19)20(23)21-12-11-14-5-1-2-7-16(14)13-21/h1-10,22H,11-13H2. The third kappa shape index (κ3) is 2.34. The third-order valence-corrected chi connectivity index (χ3v) is 4.55. The number of phenolic OH excluding ortho intramolecular Hbond substituents is 1. The van der Waals surface area contributed by atoms with Gasteiger partial charge in [0.25, 0.3) is 5.91 Å². The minimum Gasteiger partial charge on any atom is -0.506 e. The zero-order valence-electron chi connectivity index (χ0n) is 12.7. The zero-order chi connectivity index (χ0) is 15.8. The van der Waals surface area contributed by atoms with Crippen LogP contribution in [-0.4, -0.2) is 22.5 Å². The summed E-state index contributed by atoms with van der Waals surface area (Å²) in [4.78, 5) is 14.7. The van der Waals surface area contributed by atoms with Crippen LogP contribution in [0, 0.1) is 0 Å². The molecule has 23 heavy (non-hydrogen) atoms. The average molecular weight is 303 g/mol. The molecule has 3 nitrogen and oxygen atoms in total. The van der Waals surface area contributed by atoms with Gasteiger partial charge >= 0.3 is 0 Å². The largest absolute Gasteiger partial charge is 0.506 e. The summed E-state index contributed by atoms with van der Waals surface area (Å²) in [5.41, 5.74) is 2.87. The van der Waals surface area contributed by atoms with E-state index in [1.54, 1.807) is 6.07 Å².